The quantitative estimate of drug-likeness (QED) is 0.371. The van der Waals surface area contributed by atoms with Gasteiger partial charge in [0, 0.05) is 35.6 Å². The van der Waals surface area contributed by atoms with Crippen molar-refractivity contribution < 1.29 is 22.8 Å². The van der Waals surface area contributed by atoms with Crippen molar-refractivity contribution in [3.05, 3.63) is 89.8 Å². The van der Waals surface area contributed by atoms with Crippen LogP contribution >= 0.6 is 0 Å². The molecule has 7 heteroatoms. The molecule has 2 heterocycles. The molecule has 1 amide bonds. The Bertz CT molecular complexity index is 1300. The van der Waals surface area contributed by atoms with E-state index in [0.29, 0.717) is 40.6 Å². The highest BCUT2D eigenvalue weighted by Crippen LogP contribution is 2.27. The predicted octanol–water partition coefficient (Wildman–Crippen LogP) is 5.65. The van der Waals surface area contributed by atoms with E-state index in [0.717, 1.165) is 0 Å². The van der Waals surface area contributed by atoms with E-state index in [1.54, 1.807) is 48.7 Å². The maximum Gasteiger partial charge on any atom is 0.251 e. The van der Waals surface area contributed by atoms with Crippen LogP contribution in [0.25, 0.3) is 22.8 Å². The average molecular weight is 446 g/mol. The van der Waals surface area contributed by atoms with Gasteiger partial charge in [0.2, 0.25) is 5.89 Å². The zero-order chi connectivity index (χ0) is 23.6. The topological polar surface area (TPSA) is 85.3 Å². The summed E-state index contributed by atoms with van der Waals surface area (Å²) < 4.78 is 24.3. The van der Waals surface area contributed by atoms with Gasteiger partial charge in [0.1, 0.15) is 17.8 Å². The van der Waals surface area contributed by atoms with Crippen LogP contribution in [0.1, 0.15) is 47.4 Å². The Morgan fingerprint density at radius 2 is 1.79 bits per heavy atom. The molecule has 33 heavy (non-hydrogen) atoms. The first-order chi connectivity index (χ1) is 15.7. The van der Waals surface area contributed by atoms with Gasteiger partial charge in [0.05, 0.1) is 5.69 Å². The monoisotopic (exact) mass is 446 g/mol. The van der Waals surface area contributed by atoms with Crippen LogP contribution in [0.3, 0.4) is 0 Å². The number of carbonyl (C=O) groups excluding carboxylic acids is 2. The summed E-state index contributed by atoms with van der Waals surface area (Å²) in [6, 6.07) is 16.2. The maximum absolute atomic E-state index is 13.2. The Labute approximate surface area is 190 Å². The first-order valence-corrected chi connectivity index (χ1v) is 10.4. The first-order valence-electron chi connectivity index (χ1n) is 10.4. The number of halogens is 1. The Balaban J connectivity index is 1.45. The second kappa shape index (κ2) is 8.86. The van der Waals surface area contributed by atoms with Crippen LogP contribution in [0.5, 0.6) is 0 Å². The van der Waals surface area contributed by atoms with Crippen molar-refractivity contribution in [3.8, 4) is 22.8 Å². The molecule has 0 unspecified atom stereocenters. The SMILES string of the molecule is CC(=O)c1ccc(-c2cccc(C(=O)NCC(C)(C)c3coc(-c4ccc(F)cc4)n3)c2)o1. The molecule has 4 aromatic rings. The lowest BCUT2D eigenvalue weighted by Crippen LogP contribution is -2.36. The van der Waals surface area contributed by atoms with E-state index in [9.17, 15) is 14.0 Å². The molecule has 0 spiro atoms. The molecule has 2 aromatic heterocycles. The fourth-order valence-electron chi connectivity index (χ4n) is 3.30. The zero-order valence-corrected chi connectivity index (χ0v) is 18.5. The lowest BCUT2D eigenvalue weighted by atomic mass is 9.90. The minimum Gasteiger partial charge on any atom is -0.453 e. The third-order valence-electron chi connectivity index (χ3n) is 5.34. The van der Waals surface area contributed by atoms with Gasteiger partial charge >= 0.3 is 0 Å². The van der Waals surface area contributed by atoms with Crippen LogP contribution in [0.15, 0.2) is 75.8 Å². The van der Waals surface area contributed by atoms with Crippen molar-refractivity contribution in [2.45, 2.75) is 26.2 Å². The van der Waals surface area contributed by atoms with Crippen molar-refractivity contribution in [2.75, 3.05) is 6.54 Å². The molecule has 4 rings (SSSR count). The molecule has 0 aliphatic heterocycles. The van der Waals surface area contributed by atoms with E-state index in [4.69, 9.17) is 8.83 Å². The number of rotatable bonds is 7. The molecule has 168 valence electrons. The summed E-state index contributed by atoms with van der Waals surface area (Å²) >= 11 is 0. The lowest BCUT2D eigenvalue weighted by molar-refractivity contribution is 0.0944. The molecule has 0 atom stereocenters. The molecule has 1 N–H and O–H groups in total. The van der Waals surface area contributed by atoms with Crippen molar-refractivity contribution >= 4 is 11.7 Å². The number of furan rings is 1. The van der Waals surface area contributed by atoms with Crippen LogP contribution in [0, 0.1) is 5.82 Å². The number of amides is 1. The molecule has 0 aliphatic rings. The standard InChI is InChI=1S/C26H23FN2O4/c1-16(30)21-11-12-22(33-21)18-5-4-6-19(13-18)24(31)28-15-26(2,3)23-14-32-25(29-23)17-7-9-20(27)10-8-17/h4-14H,15H2,1-3H3,(H,28,31). The molecule has 0 saturated carbocycles. The molecular formula is C26H23FN2O4. The lowest BCUT2D eigenvalue weighted by Gasteiger charge is -2.22. The number of ketones is 1. The van der Waals surface area contributed by atoms with Crippen molar-refractivity contribution in [1.82, 2.24) is 10.3 Å². The Morgan fingerprint density at radius 3 is 2.48 bits per heavy atom. The molecule has 0 aliphatic carbocycles. The largest absolute Gasteiger partial charge is 0.453 e. The molecule has 0 radical (unpaired) electrons. The van der Waals surface area contributed by atoms with Gasteiger partial charge in [-0.1, -0.05) is 26.0 Å². The number of oxazole rings is 1. The van der Waals surface area contributed by atoms with Gasteiger partial charge < -0.3 is 14.2 Å². The molecule has 0 saturated heterocycles. The molecule has 2 aromatic carbocycles. The summed E-state index contributed by atoms with van der Waals surface area (Å²) in [5.41, 5.74) is 2.01. The van der Waals surface area contributed by atoms with E-state index in [1.165, 1.54) is 19.1 Å². The number of benzene rings is 2. The van der Waals surface area contributed by atoms with Gasteiger partial charge in [0.25, 0.3) is 5.91 Å². The minimum absolute atomic E-state index is 0.159. The number of Topliss-reactive ketones (excluding diaryl/α,β-unsaturated/α-hetero) is 1. The van der Waals surface area contributed by atoms with Crippen LogP contribution in [-0.4, -0.2) is 23.2 Å². The Hall–Kier alpha value is -4.00. The first kappa shape index (κ1) is 22.2. The second-order valence-corrected chi connectivity index (χ2v) is 8.41. The second-order valence-electron chi connectivity index (χ2n) is 8.41. The summed E-state index contributed by atoms with van der Waals surface area (Å²) in [7, 11) is 0. The van der Waals surface area contributed by atoms with E-state index in [2.05, 4.69) is 10.3 Å². The highest BCUT2D eigenvalue weighted by Gasteiger charge is 2.26. The van der Waals surface area contributed by atoms with Gasteiger partial charge in [-0.05, 0) is 48.5 Å². The third kappa shape index (κ3) is 4.92. The maximum atomic E-state index is 13.2. The molecule has 0 bridgehead atoms. The highest BCUT2D eigenvalue weighted by molar-refractivity contribution is 5.95. The van der Waals surface area contributed by atoms with Crippen molar-refractivity contribution in [1.29, 1.82) is 0 Å². The van der Waals surface area contributed by atoms with Crippen LogP contribution in [0.4, 0.5) is 4.39 Å². The smallest absolute Gasteiger partial charge is 0.251 e. The van der Waals surface area contributed by atoms with Crippen LogP contribution < -0.4 is 5.32 Å². The number of aromatic nitrogens is 1. The summed E-state index contributed by atoms with van der Waals surface area (Å²) in [4.78, 5) is 28.8. The van der Waals surface area contributed by atoms with Gasteiger partial charge in [-0.3, -0.25) is 9.59 Å². The highest BCUT2D eigenvalue weighted by atomic mass is 19.1. The van der Waals surface area contributed by atoms with E-state index >= 15 is 0 Å². The summed E-state index contributed by atoms with van der Waals surface area (Å²) in [6.45, 7) is 5.65. The van der Waals surface area contributed by atoms with Gasteiger partial charge in [-0.2, -0.15) is 0 Å². The van der Waals surface area contributed by atoms with Crippen LogP contribution in [-0.2, 0) is 5.41 Å². The summed E-state index contributed by atoms with van der Waals surface area (Å²) in [5.74, 6) is 0.447. The van der Waals surface area contributed by atoms with Gasteiger partial charge in [0.15, 0.2) is 11.5 Å². The Kier molecular flexibility index (Phi) is 5.96. The normalized spacial score (nSPS) is 11.4. The minimum atomic E-state index is -0.507. The Morgan fingerprint density at radius 1 is 1.03 bits per heavy atom. The molecular weight excluding hydrogens is 423 g/mol. The number of nitrogens with one attached hydrogen (secondary N) is 1. The van der Waals surface area contributed by atoms with Gasteiger partial charge in [-0.15, -0.1) is 0 Å². The van der Waals surface area contributed by atoms with E-state index in [1.807, 2.05) is 19.9 Å². The third-order valence-corrected chi connectivity index (χ3v) is 5.34. The zero-order valence-electron chi connectivity index (χ0n) is 18.5. The summed E-state index contributed by atoms with van der Waals surface area (Å²) in [6.07, 6.45) is 1.55. The number of hydrogen-bond donors (Lipinski definition) is 1. The van der Waals surface area contributed by atoms with Crippen molar-refractivity contribution in [2.24, 2.45) is 0 Å². The number of hydrogen-bond acceptors (Lipinski definition) is 5. The van der Waals surface area contributed by atoms with Crippen molar-refractivity contribution in [3.63, 3.8) is 0 Å². The van der Waals surface area contributed by atoms with Crippen LogP contribution in [0.2, 0.25) is 0 Å². The van der Waals surface area contributed by atoms with E-state index in [-0.39, 0.29) is 23.3 Å². The number of nitrogens with zero attached hydrogens (tertiary/aromatic N) is 1. The fraction of sp³-hybridized carbons (Fsp3) is 0.192. The average Bonchev–Trinajstić information content (AvgIpc) is 3.49. The molecule has 0 fully saturated rings. The van der Waals surface area contributed by atoms with Gasteiger partial charge in [-0.25, -0.2) is 9.37 Å². The molecule has 6 nitrogen and oxygen atoms in total. The summed E-state index contributed by atoms with van der Waals surface area (Å²) in [5, 5.41) is 2.94. The predicted molar refractivity (Wildman–Crippen MR) is 121 cm³/mol. The van der Waals surface area contributed by atoms with E-state index < -0.39 is 5.41 Å². The number of carbonyl (C=O) groups is 2. The fourth-order valence-corrected chi connectivity index (χ4v) is 3.30.